The Kier molecular flexibility index (Phi) is 7.18. The van der Waals surface area contributed by atoms with Crippen molar-refractivity contribution < 1.29 is 23.9 Å². The number of carbonyl (C=O) groups excluding carboxylic acids is 4. The van der Waals surface area contributed by atoms with Crippen molar-refractivity contribution in [1.29, 1.82) is 0 Å². The first kappa shape index (κ1) is 22.2. The number of carbonyl (C=O) groups is 4. The SMILES string of the molecule is Cc1ccc(C)c(C(=O)c2ccccc2C(=O)OCC(=O)NC(=O)NC2CCCC2)c1. The highest BCUT2D eigenvalue weighted by Crippen LogP contribution is 2.20. The third-order valence-electron chi connectivity index (χ3n) is 5.31. The Labute approximate surface area is 181 Å². The van der Waals surface area contributed by atoms with Crippen molar-refractivity contribution in [3.8, 4) is 0 Å². The summed E-state index contributed by atoms with van der Waals surface area (Å²) in [6, 6.07) is 11.3. The summed E-state index contributed by atoms with van der Waals surface area (Å²) >= 11 is 0. The number of nitrogens with one attached hydrogen (secondary N) is 2. The van der Waals surface area contributed by atoms with Gasteiger partial charge in [0.1, 0.15) is 0 Å². The highest BCUT2D eigenvalue weighted by Gasteiger charge is 2.22. The van der Waals surface area contributed by atoms with Crippen LogP contribution >= 0.6 is 0 Å². The summed E-state index contributed by atoms with van der Waals surface area (Å²) in [5, 5.41) is 4.88. The number of ketones is 1. The molecule has 0 spiro atoms. The number of hydrogen-bond acceptors (Lipinski definition) is 5. The van der Waals surface area contributed by atoms with Crippen LogP contribution in [0.5, 0.6) is 0 Å². The van der Waals surface area contributed by atoms with Crippen molar-refractivity contribution in [2.45, 2.75) is 45.6 Å². The first-order chi connectivity index (χ1) is 14.8. The highest BCUT2D eigenvalue weighted by atomic mass is 16.5. The first-order valence-electron chi connectivity index (χ1n) is 10.3. The van der Waals surface area contributed by atoms with E-state index in [1.165, 1.54) is 6.07 Å². The van der Waals surface area contributed by atoms with E-state index in [0.29, 0.717) is 5.56 Å². The Hall–Kier alpha value is -3.48. The summed E-state index contributed by atoms with van der Waals surface area (Å²) < 4.78 is 5.06. The van der Waals surface area contributed by atoms with Crippen LogP contribution in [0.4, 0.5) is 4.79 Å². The number of amides is 3. The molecule has 1 aliphatic rings. The van der Waals surface area contributed by atoms with Crippen LogP contribution in [-0.2, 0) is 9.53 Å². The Bertz CT molecular complexity index is 1010. The van der Waals surface area contributed by atoms with Crippen LogP contribution in [0.25, 0.3) is 0 Å². The van der Waals surface area contributed by atoms with E-state index in [1.807, 2.05) is 26.0 Å². The Balaban J connectivity index is 1.63. The number of imide groups is 1. The van der Waals surface area contributed by atoms with Crippen LogP contribution in [0.2, 0.25) is 0 Å². The van der Waals surface area contributed by atoms with Crippen molar-refractivity contribution in [3.05, 3.63) is 70.3 Å². The second-order valence-corrected chi connectivity index (χ2v) is 7.77. The average Bonchev–Trinajstić information content (AvgIpc) is 3.26. The van der Waals surface area contributed by atoms with E-state index < -0.39 is 24.5 Å². The maximum atomic E-state index is 13.1. The monoisotopic (exact) mass is 422 g/mol. The average molecular weight is 422 g/mol. The molecule has 2 aromatic rings. The zero-order valence-electron chi connectivity index (χ0n) is 17.7. The van der Waals surface area contributed by atoms with E-state index in [4.69, 9.17) is 4.74 Å². The molecule has 1 saturated carbocycles. The van der Waals surface area contributed by atoms with Crippen molar-refractivity contribution in [1.82, 2.24) is 10.6 Å². The number of esters is 1. The molecule has 0 radical (unpaired) electrons. The van der Waals surface area contributed by atoms with Crippen LogP contribution in [0.1, 0.15) is 63.1 Å². The minimum atomic E-state index is -0.805. The molecule has 2 N–H and O–H groups in total. The van der Waals surface area contributed by atoms with E-state index >= 15 is 0 Å². The molecule has 0 bridgehead atoms. The summed E-state index contributed by atoms with van der Waals surface area (Å²) in [5.41, 5.74) is 2.49. The van der Waals surface area contributed by atoms with Gasteiger partial charge in [0.15, 0.2) is 12.4 Å². The quantitative estimate of drug-likeness (QED) is 0.548. The zero-order valence-corrected chi connectivity index (χ0v) is 17.7. The van der Waals surface area contributed by atoms with Gasteiger partial charge in [-0.1, -0.05) is 48.7 Å². The Morgan fingerprint density at radius 3 is 2.32 bits per heavy atom. The summed E-state index contributed by atoms with van der Waals surface area (Å²) in [6.45, 7) is 3.09. The van der Waals surface area contributed by atoms with Crippen LogP contribution in [0.15, 0.2) is 42.5 Å². The van der Waals surface area contributed by atoms with Crippen molar-refractivity contribution in [3.63, 3.8) is 0 Å². The summed E-state index contributed by atoms with van der Waals surface area (Å²) in [4.78, 5) is 49.4. The molecular formula is C24H26N2O5. The lowest BCUT2D eigenvalue weighted by Gasteiger charge is -2.13. The maximum absolute atomic E-state index is 13.1. The number of rotatable bonds is 6. The van der Waals surface area contributed by atoms with Crippen molar-refractivity contribution >= 4 is 23.7 Å². The van der Waals surface area contributed by atoms with E-state index in [-0.39, 0.29) is 23.0 Å². The van der Waals surface area contributed by atoms with Gasteiger partial charge in [-0.2, -0.15) is 0 Å². The number of hydrogen-bond donors (Lipinski definition) is 2. The van der Waals surface area contributed by atoms with Crippen LogP contribution in [-0.4, -0.2) is 36.3 Å². The second-order valence-electron chi connectivity index (χ2n) is 7.77. The van der Waals surface area contributed by atoms with E-state index in [0.717, 1.165) is 36.8 Å². The number of benzene rings is 2. The fraction of sp³-hybridized carbons (Fsp3) is 0.333. The Morgan fingerprint density at radius 1 is 0.935 bits per heavy atom. The van der Waals surface area contributed by atoms with Gasteiger partial charge in [0, 0.05) is 17.2 Å². The van der Waals surface area contributed by atoms with Gasteiger partial charge < -0.3 is 10.1 Å². The second kappa shape index (κ2) is 10.0. The normalized spacial score (nSPS) is 13.5. The number of aryl methyl sites for hydroxylation is 2. The topological polar surface area (TPSA) is 102 Å². The van der Waals surface area contributed by atoms with Gasteiger partial charge in [-0.3, -0.25) is 14.9 Å². The fourth-order valence-electron chi connectivity index (χ4n) is 3.65. The lowest BCUT2D eigenvalue weighted by molar-refractivity contribution is -0.123. The summed E-state index contributed by atoms with van der Waals surface area (Å²) in [5.74, 6) is -1.84. The molecule has 1 aliphatic carbocycles. The van der Waals surface area contributed by atoms with Crippen molar-refractivity contribution in [2.75, 3.05) is 6.61 Å². The van der Waals surface area contributed by atoms with Crippen LogP contribution in [0, 0.1) is 13.8 Å². The molecule has 31 heavy (non-hydrogen) atoms. The molecule has 7 heteroatoms. The smallest absolute Gasteiger partial charge is 0.339 e. The predicted molar refractivity (Wildman–Crippen MR) is 115 cm³/mol. The third-order valence-corrected chi connectivity index (χ3v) is 5.31. The molecular weight excluding hydrogens is 396 g/mol. The van der Waals surface area contributed by atoms with Gasteiger partial charge in [-0.15, -0.1) is 0 Å². The van der Waals surface area contributed by atoms with Gasteiger partial charge in [-0.05, 0) is 44.4 Å². The molecule has 0 saturated heterocycles. The molecule has 0 aromatic heterocycles. The van der Waals surface area contributed by atoms with Gasteiger partial charge in [0.2, 0.25) is 0 Å². The maximum Gasteiger partial charge on any atom is 0.339 e. The van der Waals surface area contributed by atoms with Gasteiger partial charge in [0.25, 0.3) is 5.91 Å². The molecule has 2 aromatic carbocycles. The molecule has 1 fully saturated rings. The molecule has 162 valence electrons. The van der Waals surface area contributed by atoms with Gasteiger partial charge >= 0.3 is 12.0 Å². The van der Waals surface area contributed by atoms with Gasteiger partial charge in [0.05, 0.1) is 5.56 Å². The Morgan fingerprint density at radius 2 is 1.61 bits per heavy atom. The van der Waals surface area contributed by atoms with Crippen LogP contribution < -0.4 is 10.6 Å². The highest BCUT2D eigenvalue weighted by molar-refractivity contribution is 6.15. The fourth-order valence-corrected chi connectivity index (χ4v) is 3.65. The zero-order chi connectivity index (χ0) is 22.4. The molecule has 0 aliphatic heterocycles. The number of ether oxygens (including phenoxy) is 1. The standard InChI is InChI=1S/C24H26N2O5/c1-15-11-12-16(2)20(13-15)22(28)18-9-5-6-10-19(18)23(29)31-14-21(27)26-24(30)25-17-7-3-4-8-17/h5-6,9-13,17H,3-4,7-8,14H2,1-2H3,(H2,25,26,27,30). The molecule has 3 rings (SSSR count). The van der Waals surface area contributed by atoms with E-state index in [1.54, 1.807) is 24.3 Å². The van der Waals surface area contributed by atoms with E-state index in [9.17, 15) is 19.2 Å². The minimum absolute atomic E-state index is 0.0663. The largest absolute Gasteiger partial charge is 0.452 e. The van der Waals surface area contributed by atoms with Crippen molar-refractivity contribution in [2.24, 2.45) is 0 Å². The predicted octanol–water partition coefficient (Wildman–Crippen LogP) is 3.46. The third kappa shape index (κ3) is 5.78. The summed E-state index contributed by atoms with van der Waals surface area (Å²) in [7, 11) is 0. The lowest BCUT2D eigenvalue weighted by Crippen LogP contribution is -2.45. The number of urea groups is 1. The molecule has 7 nitrogen and oxygen atoms in total. The molecule has 0 heterocycles. The van der Waals surface area contributed by atoms with Crippen LogP contribution in [0.3, 0.4) is 0 Å². The van der Waals surface area contributed by atoms with E-state index in [2.05, 4.69) is 10.6 Å². The molecule has 0 atom stereocenters. The first-order valence-corrected chi connectivity index (χ1v) is 10.3. The molecule has 3 amide bonds. The lowest BCUT2D eigenvalue weighted by atomic mass is 9.94. The molecule has 0 unspecified atom stereocenters. The minimum Gasteiger partial charge on any atom is -0.452 e. The van der Waals surface area contributed by atoms with Gasteiger partial charge in [-0.25, -0.2) is 9.59 Å². The summed E-state index contributed by atoms with van der Waals surface area (Å²) in [6.07, 6.45) is 3.89.